The largest absolute Gasteiger partial charge is 0.339 e. The molecule has 18 heavy (non-hydrogen) atoms. The molecule has 0 spiro atoms. The molecule has 1 aromatic carbocycles. The molecule has 0 N–H and O–H groups in total. The first-order valence-electron chi connectivity index (χ1n) is 6.21. The lowest BCUT2D eigenvalue weighted by Crippen LogP contribution is -1.95. The summed E-state index contributed by atoms with van der Waals surface area (Å²) in [7, 11) is 0. The van der Waals surface area contributed by atoms with Crippen LogP contribution in [0.5, 0.6) is 0 Å². The molecular weight excluding hydrogens is 248 g/mol. The zero-order valence-corrected chi connectivity index (χ0v) is 11.4. The smallest absolute Gasteiger partial charge is 0.227 e. The first-order chi connectivity index (χ1) is 8.70. The van der Waals surface area contributed by atoms with Crippen LogP contribution in [0.2, 0.25) is 0 Å². The van der Waals surface area contributed by atoms with Crippen molar-refractivity contribution in [3.05, 3.63) is 47.1 Å². The predicted molar refractivity (Wildman–Crippen MR) is 71.8 cm³/mol. The van der Waals surface area contributed by atoms with Gasteiger partial charge in [0.25, 0.3) is 0 Å². The van der Waals surface area contributed by atoms with Gasteiger partial charge in [0.1, 0.15) is 0 Å². The van der Waals surface area contributed by atoms with Gasteiger partial charge in [-0.2, -0.15) is 4.98 Å². The molecule has 2 rings (SSSR count). The van der Waals surface area contributed by atoms with Crippen LogP contribution in [0, 0.1) is 6.92 Å². The molecule has 0 aliphatic carbocycles. The Bertz CT molecular complexity index is 510. The third-order valence-corrected chi connectivity index (χ3v) is 3.50. The number of rotatable bonds is 5. The summed E-state index contributed by atoms with van der Waals surface area (Å²) in [5.74, 6) is 1.26. The van der Waals surface area contributed by atoms with E-state index in [2.05, 4.69) is 29.2 Å². The second-order valence-electron chi connectivity index (χ2n) is 4.35. The van der Waals surface area contributed by atoms with Gasteiger partial charge in [-0.15, -0.1) is 11.6 Å². The van der Waals surface area contributed by atoms with Crippen LogP contribution in [0.3, 0.4) is 0 Å². The Morgan fingerprint density at radius 2 is 2.06 bits per heavy atom. The molecule has 0 amide bonds. The maximum atomic E-state index is 6.06. The van der Waals surface area contributed by atoms with Crippen molar-refractivity contribution in [2.45, 2.75) is 38.5 Å². The van der Waals surface area contributed by atoms with Gasteiger partial charge in [0.15, 0.2) is 5.82 Å². The van der Waals surface area contributed by atoms with Crippen LogP contribution in [-0.2, 0) is 12.8 Å². The third kappa shape index (κ3) is 3.10. The highest BCUT2D eigenvalue weighted by atomic mass is 35.5. The van der Waals surface area contributed by atoms with Gasteiger partial charge in [0.05, 0.1) is 5.38 Å². The van der Waals surface area contributed by atoms with Gasteiger partial charge < -0.3 is 4.52 Å². The fourth-order valence-electron chi connectivity index (χ4n) is 1.81. The van der Waals surface area contributed by atoms with E-state index in [0.717, 1.165) is 19.3 Å². The van der Waals surface area contributed by atoms with Crippen molar-refractivity contribution in [1.29, 1.82) is 0 Å². The quantitative estimate of drug-likeness (QED) is 0.770. The summed E-state index contributed by atoms with van der Waals surface area (Å²) in [5.41, 5.74) is 2.61. The van der Waals surface area contributed by atoms with E-state index in [1.165, 1.54) is 11.1 Å². The fourth-order valence-corrected chi connectivity index (χ4v) is 1.90. The zero-order valence-electron chi connectivity index (χ0n) is 10.7. The van der Waals surface area contributed by atoms with E-state index in [0.29, 0.717) is 11.7 Å². The Labute approximate surface area is 112 Å². The predicted octanol–water partition coefficient (Wildman–Crippen LogP) is 3.85. The lowest BCUT2D eigenvalue weighted by molar-refractivity contribution is 0.372. The van der Waals surface area contributed by atoms with Gasteiger partial charge in [-0.1, -0.05) is 36.3 Å². The zero-order chi connectivity index (χ0) is 13.0. The van der Waals surface area contributed by atoms with E-state index in [-0.39, 0.29) is 5.38 Å². The molecule has 4 heteroatoms. The third-order valence-electron chi connectivity index (χ3n) is 2.99. The minimum Gasteiger partial charge on any atom is -0.339 e. The normalized spacial score (nSPS) is 12.6. The van der Waals surface area contributed by atoms with Crippen molar-refractivity contribution in [2.24, 2.45) is 0 Å². The van der Waals surface area contributed by atoms with Gasteiger partial charge in [-0.3, -0.25) is 0 Å². The lowest BCUT2D eigenvalue weighted by Gasteiger charge is -2.02. The molecule has 0 radical (unpaired) electrons. The molecule has 3 nitrogen and oxygen atoms in total. The molecular formula is C14H17ClN2O. The highest BCUT2D eigenvalue weighted by Crippen LogP contribution is 2.21. The van der Waals surface area contributed by atoms with E-state index >= 15 is 0 Å². The Morgan fingerprint density at radius 1 is 1.28 bits per heavy atom. The molecule has 0 aliphatic heterocycles. The number of aryl methyl sites for hydroxylation is 3. The summed E-state index contributed by atoms with van der Waals surface area (Å²) in [6, 6.07) is 8.33. The van der Waals surface area contributed by atoms with Crippen LogP contribution < -0.4 is 0 Å². The number of hydrogen-bond donors (Lipinski definition) is 0. The number of alkyl halides is 1. The van der Waals surface area contributed by atoms with Crippen LogP contribution in [0.25, 0.3) is 0 Å². The number of hydrogen-bond acceptors (Lipinski definition) is 3. The Morgan fingerprint density at radius 3 is 2.78 bits per heavy atom. The molecule has 2 aromatic rings. The van der Waals surface area contributed by atoms with E-state index in [1.54, 1.807) is 0 Å². The standard InChI is InChI=1S/C14H17ClN2O/c1-3-12(15)14-16-13(18-17-14)9-8-11-7-5-4-6-10(11)2/h4-7,12H,3,8-9H2,1-2H3. The maximum absolute atomic E-state index is 6.06. The average Bonchev–Trinajstić information content (AvgIpc) is 2.86. The summed E-state index contributed by atoms with van der Waals surface area (Å²) in [4.78, 5) is 4.32. The van der Waals surface area contributed by atoms with E-state index in [4.69, 9.17) is 16.1 Å². The molecule has 0 saturated heterocycles. The lowest BCUT2D eigenvalue weighted by atomic mass is 10.0. The van der Waals surface area contributed by atoms with Crippen LogP contribution in [0.15, 0.2) is 28.8 Å². The first-order valence-corrected chi connectivity index (χ1v) is 6.65. The average molecular weight is 265 g/mol. The second-order valence-corrected chi connectivity index (χ2v) is 4.88. The summed E-state index contributed by atoms with van der Waals surface area (Å²) < 4.78 is 5.20. The Kier molecular flexibility index (Phi) is 4.37. The SMILES string of the molecule is CCC(Cl)c1noc(CCc2ccccc2C)n1. The molecule has 0 saturated carbocycles. The molecule has 96 valence electrons. The number of aromatic nitrogens is 2. The Hall–Kier alpha value is -1.35. The summed E-state index contributed by atoms with van der Waals surface area (Å²) in [5, 5.41) is 3.75. The van der Waals surface area contributed by atoms with Crippen LogP contribution >= 0.6 is 11.6 Å². The van der Waals surface area contributed by atoms with Crippen molar-refractivity contribution >= 4 is 11.6 Å². The fraction of sp³-hybridized carbons (Fsp3) is 0.429. The van der Waals surface area contributed by atoms with Crippen LogP contribution in [-0.4, -0.2) is 10.1 Å². The van der Waals surface area contributed by atoms with Crippen molar-refractivity contribution in [3.8, 4) is 0 Å². The summed E-state index contributed by atoms with van der Waals surface area (Å²) in [6.45, 7) is 4.11. The molecule has 0 aliphatic rings. The molecule has 1 aromatic heterocycles. The minimum absolute atomic E-state index is 0.152. The van der Waals surface area contributed by atoms with Gasteiger partial charge in [-0.25, -0.2) is 0 Å². The molecule has 1 atom stereocenters. The van der Waals surface area contributed by atoms with Crippen molar-refractivity contribution in [2.75, 3.05) is 0 Å². The highest BCUT2D eigenvalue weighted by Gasteiger charge is 2.13. The van der Waals surface area contributed by atoms with Crippen molar-refractivity contribution in [3.63, 3.8) is 0 Å². The van der Waals surface area contributed by atoms with E-state index in [9.17, 15) is 0 Å². The summed E-state index contributed by atoms with van der Waals surface area (Å²) in [6.07, 6.45) is 2.47. The van der Waals surface area contributed by atoms with Gasteiger partial charge in [-0.05, 0) is 30.9 Å². The van der Waals surface area contributed by atoms with Crippen molar-refractivity contribution < 1.29 is 4.52 Å². The number of nitrogens with zero attached hydrogens (tertiary/aromatic N) is 2. The molecule has 0 fully saturated rings. The second kappa shape index (κ2) is 6.01. The van der Waals surface area contributed by atoms with Crippen molar-refractivity contribution in [1.82, 2.24) is 10.1 Å². The monoisotopic (exact) mass is 264 g/mol. The minimum atomic E-state index is -0.152. The van der Waals surface area contributed by atoms with Crippen LogP contribution in [0.4, 0.5) is 0 Å². The molecule has 1 unspecified atom stereocenters. The molecule has 0 bridgehead atoms. The van der Waals surface area contributed by atoms with E-state index in [1.807, 2.05) is 19.1 Å². The van der Waals surface area contributed by atoms with Gasteiger partial charge >= 0.3 is 0 Å². The first kappa shape index (κ1) is 13.1. The maximum Gasteiger partial charge on any atom is 0.227 e. The number of halogens is 1. The van der Waals surface area contributed by atoms with E-state index < -0.39 is 0 Å². The van der Waals surface area contributed by atoms with Gasteiger partial charge in [0.2, 0.25) is 5.89 Å². The van der Waals surface area contributed by atoms with Gasteiger partial charge in [0, 0.05) is 6.42 Å². The highest BCUT2D eigenvalue weighted by molar-refractivity contribution is 6.20. The molecule has 1 heterocycles. The Balaban J connectivity index is 1.98. The summed E-state index contributed by atoms with van der Waals surface area (Å²) >= 11 is 6.06. The number of benzene rings is 1. The van der Waals surface area contributed by atoms with Crippen LogP contribution in [0.1, 0.15) is 41.6 Å². The topological polar surface area (TPSA) is 38.9 Å².